The van der Waals surface area contributed by atoms with E-state index >= 15 is 0 Å². The van der Waals surface area contributed by atoms with E-state index in [2.05, 4.69) is 0 Å². The van der Waals surface area contributed by atoms with E-state index in [9.17, 15) is 14.2 Å². The summed E-state index contributed by atoms with van der Waals surface area (Å²) in [4.78, 5) is 21.8. The van der Waals surface area contributed by atoms with E-state index in [1.54, 1.807) is 30.3 Å². The van der Waals surface area contributed by atoms with Gasteiger partial charge in [-0.2, -0.15) is 0 Å². The highest BCUT2D eigenvalue weighted by Gasteiger charge is 2.27. The molecule has 178 valence electrons. The van der Waals surface area contributed by atoms with Crippen molar-refractivity contribution in [2.45, 2.75) is 0 Å². The quantitative estimate of drug-likeness (QED) is 0.271. The van der Waals surface area contributed by atoms with Crippen molar-refractivity contribution in [2.24, 2.45) is 0 Å². The van der Waals surface area contributed by atoms with Gasteiger partial charge in [-0.15, -0.1) is 0 Å². The maximum atomic E-state index is 13.4. The second kappa shape index (κ2) is 12.0. The Labute approximate surface area is 196 Å². The molecule has 0 aromatic heterocycles. The van der Waals surface area contributed by atoms with Gasteiger partial charge in [0.25, 0.3) is 0 Å². The lowest BCUT2D eigenvalue weighted by atomic mass is 10.2. The number of carbonyl (C=O) groups is 2. The average Bonchev–Trinajstić information content (AvgIpc) is 2.85. The zero-order valence-electron chi connectivity index (χ0n) is 18.0. The van der Waals surface area contributed by atoms with Crippen molar-refractivity contribution in [3.63, 3.8) is 0 Å². The Kier molecular flexibility index (Phi) is 8.81. The fourth-order valence-corrected chi connectivity index (χ4v) is 4.36. The minimum atomic E-state index is -3.67. The molecule has 34 heavy (non-hydrogen) atoms. The summed E-state index contributed by atoms with van der Waals surface area (Å²) >= 11 is 0. The van der Waals surface area contributed by atoms with E-state index in [1.807, 2.05) is 0 Å². The van der Waals surface area contributed by atoms with Crippen LogP contribution in [0.5, 0.6) is 11.5 Å². The smallest absolute Gasteiger partial charge is 0.361 e. The van der Waals surface area contributed by atoms with E-state index in [4.69, 9.17) is 28.7 Å². The van der Waals surface area contributed by atoms with Gasteiger partial charge in [0.05, 0.1) is 29.6 Å². The van der Waals surface area contributed by atoms with Crippen LogP contribution >= 0.6 is 7.60 Å². The van der Waals surface area contributed by atoms with E-state index in [0.29, 0.717) is 16.8 Å². The number of aromatic carboxylic acids is 2. The van der Waals surface area contributed by atoms with Crippen LogP contribution in [0, 0.1) is 0 Å². The molecule has 2 N–H and O–H groups in total. The first-order valence-electron chi connectivity index (χ1n) is 10.2. The number of hydrogen-bond donors (Lipinski definition) is 2. The molecule has 0 saturated carbocycles. The Morgan fingerprint density at radius 1 is 0.618 bits per heavy atom. The van der Waals surface area contributed by atoms with Crippen LogP contribution in [0.1, 0.15) is 20.7 Å². The Balaban J connectivity index is 1.52. The molecule has 0 atom stereocenters. The van der Waals surface area contributed by atoms with Gasteiger partial charge in [-0.25, -0.2) is 9.59 Å². The van der Waals surface area contributed by atoms with Gasteiger partial charge in [-0.3, -0.25) is 4.57 Å². The highest BCUT2D eigenvalue weighted by atomic mass is 31.2. The predicted octanol–water partition coefficient (Wildman–Crippen LogP) is 4.09. The fraction of sp³-hybridized carbons (Fsp3) is 0.167. The van der Waals surface area contributed by atoms with Crippen LogP contribution in [0.2, 0.25) is 0 Å². The van der Waals surface area contributed by atoms with Gasteiger partial charge < -0.3 is 28.7 Å². The molecule has 3 aromatic rings. The largest absolute Gasteiger partial charge is 0.491 e. The van der Waals surface area contributed by atoms with Crippen molar-refractivity contribution in [3.05, 3.63) is 90.0 Å². The van der Waals surface area contributed by atoms with E-state index in [-0.39, 0.29) is 37.6 Å². The van der Waals surface area contributed by atoms with Crippen molar-refractivity contribution in [1.82, 2.24) is 0 Å². The topological polar surface area (TPSA) is 129 Å². The third kappa shape index (κ3) is 7.18. The maximum Gasteiger partial charge on any atom is 0.361 e. The molecule has 0 spiro atoms. The lowest BCUT2D eigenvalue weighted by molar-refractivity contribution is 0.0686. The molecule has 0 aliphatic carbocycles. The van der Waals surface area contributed by atoms with Crippen molar-refractivity contribution >= 4 is 24.8 Å². The normalized spacial score (nSPS) is 11.1. The fourth-order valence-electron chi connectivity index (χ4n) is 2.82. The summed E-state index contributed by atoms with van der Waals surface area (Å²) in [6.07, 6.45) is 0. The standard InChI is InChI=1S/C24H23O9P/c25-23(26)18-6-10-20(11-7-18)30-14-16-32-34(29,22-4-2-1-3-5-22)33-17-15-31-21-12-8-19(9-13-21)24(27)28/h1-13H,14-17H2,(H,25,26)(H,27,28). The number of ether oxygens (including phenoxy) is 2. The predicted molar refractivity (Wildman–Crippen MR) is 123 cm³/mol. The Morgan fingerprint density at radius 3 is 1.41 bits per heavy atom. The van der Waals surface area contributed by atoms with Crippen molar-refractivity contribution in [2.75, 3.05) is 26.4 Å². The minimum Gasteiger partial charge on any atom is -0.491 e. The highest BCUT2D eigenvalue weighted by Crippen LogP contribution is 2.46. The first kappa shape index (κ1) is 25.0. The summed E-state index contributed by atoms with van der Waals surface area (Å²) in [5.74, 6) is -1.16. The second-order valence-corrected chi connectivity index (χ2v) is 8.88. The average molecular weight is 486 g/mol. The van der Waals surface area contributed by atoms with Crippen LogP contribution in [0.4, 0.5) is 0 Å². The molecule has 0 aliphatic rings. The molecular weight excluding hydrogens is 463 g/mol. The summed E-state index contributed by atoms with van der Waals surface area (Å²) in [5, 5.41) is 18.3. The van der Waals surface area contributed by atoms with Crippen molar-refractivity contribution < 1.29 is 42.9 Å². The highest BCUT2D eigenvalue weighted by molar-refractivity contribution is 7.62. The molecule has 0 bridgehead atoms. The van der Waals surface area contributed by atoms with Gasteiger partial charge in [0.15, 0.2) is 0 Å². The summed E-state index contributed by atoms with van der Waals surface area (Å²) in [7, 11) is -3.67. The Hall–Kier alpha value is -3.65. The molecule has 0 radical (unpaired) electrons. The molecule has 10 heteroatoms. The molecule has 0 saturated heterocycles. The van der Waals surface area contributed by atoms with Gasteiger partial charge in [0.1, 0.15) is 24.7 Å². The third-order valence-corrected chi connectivity index (χ3v) is 6.48. The first-order chi connectivity index (χ1) is 16.4. The minimum absolute atomic E-state index is 0.0373. The van der Waals surface area contributed by atoms with Crippen molar-refractivity contribution in [1.29, 1.82) is 0 Å². The first-order valence-corrected chi connectivity index (χ1v) is 11.8. The molecule has 0 amide bonds. The zero-order valence-corrected chi connectivity index (χ0v) is 18.9. The second-order valence-electron chi connectivity index (χ2n) is 6.86. The number of hydrogen-bond acceptors (Lipinski definition) is 7. The summed E-state index contributed by atoms with van der Waals surface area (Å²) in [6.45, 7) is 0.0623. The van der Waals surface area contributed by atoms with Gasteiger partial charge in [-0.1, -0.05) is 18.2 Å². The summed E-state index contributed by atoms with van der Waals surface area (Å²) in [6, 6.07) is 20.3. The monoisotopic (exact) mass is 486 g/mol. The zero-order chi connectivity index (χ0) is 24.4. The van der Waals surface area contributed by atoms with E-state index in [0.717, 1.165) is 0 Å². The van der Waals surface area contributed by atoms with Gasteiger partial charge >= 0.3 is 19.5 Å². The van der Waals surface area contributed by atoms with Gasteiger partial charge in [-0.05, 0) is 60.7 Å². The maximum absolute atomic E-state index is 13.4. The molecule has 0 aliphatic heterocycles. The molecular formula is C24H23O9P. The van der Waals surface area contributed by atoms with Crippen LogP contribution in [0.25, 0.3) is 0 Å². The molecule has 0 unspecified atom stereocenters. The van der Waals surface area contributed by atoms with Crippen LogP contribution in [0.15, 0.2) is 78.9 Å². The Morgan fingerprint density at radius 2 is 1.03 bits per heavy atom. The number of carboxylic acid groups (broad SMARTS) is 2. The van der Waals surface area contributed by atoms with Crippen LogP contribution in [0.3, 0.4) is 0 Å². The van der Waals surface area contributed by atoms with Crippen LogP contribution in [-0.2, 0) is 13.6 Å². The molecule has 0 fully saturated rings. The van der Waals surface area contributed by atoms with E-state index in [1.165, 1.54) is 48.5 Å². The lowest BCUT2D eigenvalue weighted by Gasteiger charge is -2.19. The number of benzene rings is 3. The SMILES string of the molecule is O=C(O)c1ccc(OCCOP(=O)(OCCOc2ccc(C(=O)O)cc2)c2ccccc2)cc1. The van der Waals surface area contributed by atoms with E-state index < -0.39 is 19.5 Å². The van der Waals surface area contributed by atoms with Crippen molar-refractivity contribution in [3.8, 4) is 11.5 Å². The van der Waals surface area contributed by atoms with Crippen LogP contribution in [-0.4, -0.2) is 48.6 Å². The molecule has 3 rings (SSSR count). The summed E-state index contributed by atoms with van der Waals surface area (Å²) in [5.41, 5.74) is 0.288. The third-order valence-electron chi connectivity index (χ3n) is 4.50. The number of rotatable bonds is 13. The van der Waals surface area contributed by atoms with Gasteiger partial charge in [0, 0.05) is 0 Å². The van der Waals surface area contributed by atoms with Crippen LogP contribution < -0.4 is 14.8 Å². The Bertz CT molecular complexity index is 1060. The lowest BCUT2D eigenvalue weighted by Crippen LogP contribution is -2.16. The molecule has 0 heterocycles. The molecule has 3 aromatic carbocycles. The summed E-state index contributed by atoms with van der Waals surface area (Å²) < 4.78 is 35.6. The van der Waals surface area contributed by atoms with Gasteiger partial charge in [0.2, 0.25) is 0 Å². The number of carboxylic acids is 2. The molecule has 9 nitrogen and oxygen atoms in total.